The second-order valence-corrected chi connectivity index (χ2v) is 16.2. The molecule has 0 atom stereocenters. The van der Waals surface area contributed by atoms with E-state index in [1.807, 2.05) is 24.3 Å². The van der Waals surface area contributed by atoms with E-state index in [1.54, 1.807) is 22.7 Å². The van der Waals surface area contributed by atoms with Crippen molar-refractivity contribution in [3.05, 3.63) is 170 Å². The molecule has 266 valence electrons. The Morgan fingerprint density at radius 2 is 0.982 bits per heavy atom. The summed E-state index contributed by atoms with van der Waals surface area (Å²) in [6, 6.07) is 59.0. The molecule has 5 heterocycles. The van der Waals surface area contributed by atoms with E-state index in [0.29, 0.717) is 23.4 Å². The molecule has 0 saturated heterocycles. The standard InChI is InChI=1S/C49H28N6S2/c1-3-14-29(15-4-1)42-45-43(36-20-9-12-25-40(36)56-45)51-47(50-42)31-26-27-34-35-21-13-22-37(44(35)57-41(34)28-31)48-52-46(30-16-5-2-6-17-30)53-49(54-48)55-38-23-10-7-18-32(38)33-19-8-11-24-39(33)55/h1-28H. The number of benzene rings is 7. The van der Waals surface area contributed by atoms with Crippen LogP contribution in [0.5, 0.6) is 0 Å². The molecule has 57 heavy (non-hydrogen) atoms. The third-order valence-electron chi connectivity index (χ3n) is 10.7. The number of para-hydroxylation sites is 2. The lowest BCUT2D eigenvalue weighted by molar-refractivity contribution is 0.954. The number of hydrogen-bond acceptors (Lipinski definition) is 7. The van der Waals surface area contributed by atoms with Gasteiger partial charge in [-0.05, 0) is 30.3 Å². The van der Waals surface area contributed by atoms with Crippen LogP contribution in [0, 0.1) is 0 Å². The van der Waals surface area contributed by atoms with Crippen molar-refractivity contribution in [2.24, 2.45) is 0 Å². The zero-order valence-electron chi connectivity index (χ0n) is 30.2. The van der Waals surface area contributed by atoms with Crippen molar-refractivity contribution in [3.8, 4) is 51.4 Å². The first-order valence-electron chi connectivity index (χ1n) is 18.8. The van der Waals surface area contributed by atoms with Gasteiger partial charge in [0.05, 0.1) is 26.9 Å². The highest BCUT2D eigenvalue weighted by molar-refractivity contribution is 7.26. The molecule has 0 amide bonds. The summed E-state index contributed by atoms with van der Waals surface area (Å²) in [6.07, 6.45) is 0. The summed E-state index contributed by atoms with van der Waals surface area (Å²) in [6.45, 7) is 0. The summed E-state index contributed by atoms with van der Waals surface area (Å²) < 4.78 is 6.74. The number of hydrogen-bond donors (Lipinski definition) is 0. The zero-order chi connectivity index (χ0) is 37.5. The second kappa shape index (κ2) is 12.7. The van der Waals surface area contributed by atoms with E-state index in [-0.39, 0.29) is 0 Å². The third kappa shape index (κ3) is 5.12. The van der Waals surface area contributed by atoms with Crippen molar-refractivity contribution in [1.82, 2.24) is 29.5 Å². The van der Waals surface area contributed by atoms with Crippen LogP contribution in [0.3, 0.4) is 0 Å². The first-order chi connectivity index (χ1) is 28.2. The van der Waals surface area contributed by atoms with Crippen LogP contribution in [-0.4, -0.2) is 29.5 Å². The van der Waals surface area contributed by atoms with Gasteiger partial charge in [0.1, 0.15) is 0 Å². The smallest absolute Gasteiger partial charge is 0.238 e. The largest absolute Gasteiger partial charge is 0.278 e. The Bertz CT molecular complexity index is 3480. The van der Waals surface area contributed by atoms with E-state index >= 15 is 0 Å². The molecule has 0 spiro atoms. The molecule has 0 unspecified atom stereocenters. The van der Waals surface area contributed by atoms with E-state index in [1.165, 1.54) is 10.1 Å². The molecule has 0 aliphatic rings. The number of fused-ring (bicyclic) bond motifs is 9. The van der Waals surface area contributed by atoms with Gasteiger partial charge in [-0.1, -0.05) is 140 Å². The van der Waals surface area contributed by atoms with Crippen LogP contribution in [0.15, 0.2) is 170 Å². The minimum Gasteiger partial charge on any atom is -0.278 e. The van der Waals surface area contributed by atoms with Gasteiger partial charge >= 0.3 is 0 Å². The molecular formula is C49H28N6S2. The van der Waals surface area contributed by atoms with E-state index in [0.717, 1.165) is 80.1 Å². The van der Waals surface area contributed by atoms with Crippen LogP contribution < -0.4 is 0 Å². The van der Waals surface area contributed by atoms with Gasteiger partial charge in [-0.15, -0.1) is 22.7 Å². The average molecular weight is 765 g/mol. The minimum absolute atomic E-state index is 0.583. The molecule has 0 N–H and O–H groups in total. The maximum atomic E-state index is 5.27. The van der Waals surface area contributed by atoms with Gasteiger partial charge in [0.25, 0.3) is 0 Å². The maximum Gasteiger partial charge on any atom is 0.238 e. The van der Waals surface area contributed by atoms with Crippen molar-refractivity contribution in [2.45, 2.75) is 0 Å². The van der Waals surface area contributed by atoms with Crippen molar-refractivity contribution in [1.29, 1.82) is 0 Å². The molecule has 0 aliphatic carbocycles. The fraction of sp³-hybridized carbons (Fsp3) is 0. The van der Waals surface area contributed by atoms with Crippen molar-refractivity contribution >= 4 is 85.0 Å². The van der Waals surface area contributed by atoms with Crippen LogP contribution in [-0.2, 0) is 0 Å². The quantitative estimate of drug-likeness (QED) is 0.175. The van der Waals surface area contributed by atoms with Crippen LogP contribution in [0.1, 0.15) is 0 Å². The van der Waals surface area contributed by atoms with Crippen molar-refractivity contribution < 1.29 is 0 Å². The van der Waals surface area contributed by atoms with E-state index in [2.05, 4.69) is 150 Å². The molecule has 12 aromatic rings. The molecule has 6 nitrogen and oxygen atoms in total. The summed E-state index contributed by atoms with van der Waals surface area (Å²) in [4.78, 5) is 26.1. The SMILES string of the molecule is c1ccc(-c2nc(-c3cccc4c3sc3cc(-c5nc(-c6ccccc6)c6sc7ccccc7c6n5)ccc34)nc(-n3c4ccccc4c4ccccc43)n2)cc1. The second-order valence-electron chi connectivity index (χ2n) is 14.1. The lowest BCUT2D eigenvalue weighted by atomic mass is 10.1. The number of rotatable bonds is 5. The first kappa shape index (κ1) is 32.1. The van der Waals surface area contributed by atoms with Crippen LogP contribution in [0.2, 0.25) is 0 Å². The molecule has 0 aliphatic heterocycles. The summed E-state index contributed by atoms with van der Waals surface area (Å²) in [7, 11) is 0. The zero-order valence-corrected chi connectivity index (χ0v) is 31.8. The van der Waals surface area contributed by atoms with Crippen LogP contribution in [0.4, 0.5) is 0 Å². The highest BCUT2D eigenvalue weighted by Crippen LogP contribution is 2.43. The normalized spacial score (nSPS) is 11.9. The summed E-state index contributed by atoms with van der Waals surface area (Å²) in [5.41, 5.74) is 8.00. The molecule has 0 radical (unpaired) electrons. The van der Waals surface area contributed by atoms with E-state index in [9.17, 15) is 0 Å². The fourth-order valence-electron chi connectivity index (χ4n) is 8.06. The molecular weight excluding hydrogens is 737 g/mol. The Morgan fingerprint density at radius 3 is 1.75 bits per heavy atom. The van der Waals surface area contributed by atoms with E-state index < -0.39 is 0 Å². The lowest BCUT2D eigenvalue weighted by Crippen LogP contribution is -2.06. The molecule has 0 saturated carbocycles. The highest BCUT2D eigenvalue weighted by atomic mass is 32.1. The topological polar surface area (TPSA) is 69.4 Å². The highest BCUT2D eigenvalue weighted by Gasteiger charge is 2.21. The fourth-order valence-corrected chi connectivity index (χ4v) is 10.5. The van der Waals surface area contributed by atoms with Gasteiger partial charge in [-0.2, -0.15) is 9.97 Å². The predicted molar refractivity (Wildman–Crippen MR) is 237 cm³/mol. The lowest BCUT2D eigenvalue weighted by Gasteiger charge is -2.11. The number of nitrogens with zero attached hydrogens (tertiary/aromatic N) is 6. The average Bonchev–Trinajstić information content (AvgIpc) is 3.96. The molecule has 5 aromatic heterocycles. The third-order valence-corrected chi connectivity index (χ3v) is 13.1. The van der Waals surface area contributed by atoms with Crippen molar-refractivity contribution in [3.63, 3.8) is 0 Å². The summed E-state index contributed by atoms with van der Waals surface area (Å²) >= 11 is 3.50. The van der Waals surface area contributed by atoms with Gasteiger partial charge in [-0.25, -0.2) is 15.0 Å². The Kier molecular flexibility index (Phi) is 7.17. The molecule has 12 rings (SSSR count). The Morgan fingerprint density at radius 1 is 0.368 bits per heavy atom. The van der Waals surface area contributed by atoms with Gasteiger partial charge in [-0.3, -0.25) is 4.57 Å². The molecule has 8 heteroatoms. The molecule has 0 bridgehead atoms. The van der Waals surface area contributed by atoms with Gasteiger partial charge in [0.2, 0.25) is 5.95 Å². The minimum atomic E-state index is 0.583. The summed E-state index contributed by atoms with van der Waals surface area (Å²) in [5.74, 6) is 2.55. The van der Waals surface area contributed by atoms with Crippen molar-refractivity contribution in [2.75, 3.05) is 0 Å². The summed E-state index contributed by atoms with van der Waals surface area (Å²) in [5, 5.41) is 5.79. The van der Waals surface area contributed by atoms with Gasteiger partial charge < -0.3 is 0 Å². The Balaban J connectivity index is 1.06. The first-order valence-corrected chi connectivity index (χ1v) is 20.4. The molecule has 7 aromatic carbocycles. The Labute approximate surface area is 334 Å². The van der Waals surface area contributed by atoms with Crippen LogP contribution >= 0.6 is 22.7 Å². The predicted octanol–water partition coefficient (Wildman–Crippen LogP) is 13.2. The number of thiophene rings is 2. The van der Waals surface area contributed by atoms with Gasteiger partial charge in [0, 0.05) is 63.3 Å². The monoisotopic (exact) mass is 764 g/mol. The van der Waals surface area contributed by atoms with Gasteiger partial charge in [0.15, 0.2) is 17.5 Å². The molecule has 0 fully saturated rings. The Hall–Kier alpha value is -7.13. The maximum absolute atomic E-state index is 5.27. The van der Waals surface area contributed by atoms with E-state index in [4.69, 9.17) is 24.9 Å². The van der Waals surface area contributed by atoms with Crippen LogP contribution in [0.25, 0.3) is 114 Å². The number of aromatic nitrogens is 6.